The third kappa shape index (κ3) is 2.81. The quantitative estimate of drug-likeness (QED) is 0.744. The number of nitrogens with two attached hydrogens (primary N) is 1. The molecule has 3 N–H and O–H groups in total. The van der Waals surface area contributed by atoms with Gasteiger partial charge in [-0.15, -0.1) is 0 Å². The monoisotopic (exact) mass is 241 g/mol. The zero-order valence-corrected chi connectivity index (χ0v) is 11.2. The second-order valence-electron chi connectivity index (χ2n) is 5.89. The Morgan fingerprint density at radius 1 is 1.41 bits per heavy atom. The lowest BCUT2D eigenvalue weighted by Crippen LogP contribution is -2.55. The summed E-state index contributed by atoms with van der Waals surface area (Å²) in [4.78, 5) is 5.12. The van der Waals surface area contributed by atoms with Crippen LogP contribution in [0.25, 0.3) is 0 Å². The molecule has 100 valence electrons. The summed E-state index contributed by atoms with van der Waals surface area (Å²) in [6, 6.07) is 1.24. The molecule has 3 atom stereocenters. The third-order valence-corrected chi connectivity index (χ3v) is 4.65. The van der Waals surface area contributed by atoms with Crippen molar-refractivity contribution in [1.29, 1.82) is 0 Å². The van der Waals surface area contributed by atoms with Crippen molar-refractivity contribution in [3.8, 4) is 0 Å². The molecule has 0 aromatic heterocycles. The molecule has 17 heavy (non-hydrogen) atoms. The molecule has 2 fully saturated rings. The van der Waals surface area contributed by atoms with Crippen LogP contribution in [-0.2, 0) is 0 Å². The molecule has 0 radical (unpaired) electrons. The molecule has 0 aromatic carbocycles. The maximum Gasteiger partial charge on any atom is 0.0611 e. The molecule has 2 aliphatic rings. The summed E-state index contributed by atoms with van der Waals surface area (Å²) in [5, 5.41) is 9.32. The molecule has 4 heteroatoms. The minimum atomic E-state index is -0.310. The largest absolute Gasteiger partial charge is 0.394 e. The molecule has 0 spiro atoms. The van der Waals surface area contributed by atoms with Gasteiger partial charge in [-0.3, -0.25) is 9.80 Å². The Labute approximate surface area is 105 Å². The predicted molar refractivity (Wildman–Crippen MR) is 69.9 cm³/mol. The van der Waals surface area contributed by atoms with E-state index in [1.54, 1.807) is 0 Å². The molecule has 0 amide bonds. The highest BCUT2D eigenvalue weighted by Gasteiger charge is 2.39. The van der Waals surface area contributed by atoms with Crippen molar-refractivity contribution in [1.82, 2.24) is 9.80 Å². The van der Waals surface area contributed by atoms with Crippen LogP contribution in [0.5, 0.6) is 0 Å². The molecule has 1 saturated carbocycles. The van der Waals surface area contributed by atoms with Gasteiger partial charge in [0.1, 0.15) is 0 Å². The van der Waals surface area contributed by atoms with Crippen LogP contribution in [0.3, 0.4) is 0 Å². The van der Waals surface area contributed by atoms with E-state index in [0.29, 0.717) is 12.1 Å². The topological polar surface area (TPSA) is 52.7 Å². The summed E-state index contributed by atoms with van der Waals surface area (Å²) in [5.41, 5.74) is 5.85. The molecule has 0 bridgehead atoms. The van der Waals surface area contributed by atoms with Crippen LogP contribution in [0.15, 0.2) is 0 Å². The van der Waals surface area contributed by atoms with Crippen molar-refractivity contribution in [3.05, 3.63) is 0 Å². The fourth-order valence-electron chi connectivity index (χ4n) is 3.41. The van der Waals surface area contributed by atoms with Crippen molar-refractivity contribution < 1.29 is 5.11 Å². The summed E-state index contributed by atoms with van der Waals surface area (Å²) in [6.07, 6.45) is 3.08. The number of aliphatic hydroxyl groups excluding tert-OH is 1. The summed E-state index contributed by atoms with van der Waals surface area (Å²) >= 11 is 0. The second kappa shape index (κ2) is 5.22. The number of likely N-dealkylation sites (N-methyl/N-ethyl adjacent to an activating group) is 1. The van der Waals surface area contributed by atoms with E-state index in [4.69, 9.17) is 5.73 Å². The normalized spacial score (nSPS) is 40.9. The smallest absolute Gasteiger partial charge is 0.0611 e. The van der Waals surface area contributed by atoms with Crippen LogP contribution >= 0.6 is 0 Å². The summed E-state index contributed by atoms with van der Waals surface area (Å²) in [7, 11) is 0. The maximum atomic E-state index is 9.32. The number of hydrogen-bond donors (Lipinski definition) is 2. The fraction of sp³-hybridized carbons (Fsp3) is 1.00. The summed E-state index contributed by atoms with van der Waals surface area (Å²) < 4.78 is 0. The number of hydrogen-bond acceptors (Lipinski definition) is 4. The molecular weight excluding hydrogens is 214 g/mol. The van der Waals surface area contributed by atoms with Gasteiger partial charge >= 0.3 is 0 Å². The van der Waals surface area contributed by atoms with Crippen LogP contribution in [0.4, 0.5) is 0 Å². The van der Waals surface area contributed by atoms with E-state index in [9.17, 15) is 5.11 Å². The van der Waals surface area contributed by atoms with E-state index in [1.807, 2.05) is 0 Å². The van der Waals surface area contributed by atoms with Gasteiger partial charge in [0, 0.05) is 37.3 Å². The van der Waals surface area contributed by atoms with Crippen molar-refractivity contribution in [2.24, 2.45) is 5.73 Å². The zero-order valence-electron chi connectivity index (χ0n) is 11.2. The Morgan fingerprint density at radius 2 is 2.18 bits per heavy atom. The highest BCUT2D eigenvalue weighted by atomic mass is 16.3. The van der Waals surface area contributed by atoms with Gasteiger partial charge in [0.2, 0.25) is 0 Å². The van der Waals surface area contributed by atoms with Gasteiger partial charge in [-0.05, 0) is 32.7 Å². The first kappa shape index (κ1) is 13.3. The van der Waals surface area contributed by atoms with Gasteiger partial charge in [0.15, 0.2) is 0 Å². The van der Waals surface area contributed by atoms with Crippen LogP contribution in [-0.4, -0.2) is 65.3 Å². The molecule has 0 aromatic rings. The molecule has 1 saturated heterocycles. The Bertz CT molecular complexity index is 261. The lowest BCUT2D eigenvalue weighted by molar-refractivity contribution is 0.0569. The van der Waals surface area contributed by atoms with Gasteiger partial charge in [-0.2, -0.15) is 0 Å². The average Bonchev–Trinajstić information content (AvgIpc) is 2.73. The minimum Gasteiger partial charge on any atom is -0.394 e. The Balaban J connectivity index is 1.89. The SMILES string of the molecule is CCN1CCN(C2CCC(N)(CO)C2)CC1C. The number of piperazine rings is 1. The first-order chi connectivity index (χ1) is 8.08. The molecule has 1 aliphatic heterocycles. The maximum absolute atomic E-state index is 9.32. The standard InChI is InChI=1S/C13H27N3O/c1-3-15-6-7-16(9-11(15)2)12-4-5-13(14,8-12)10-17/h11-12,17H,3-10,14H2,1-2H3. The van der Waals surface area contributed by atoms with E-state index >= 15 is 0 Å². The van der Waals surface area contributed by atoms with Crippen molar-refractivity contribution in [2.45, 2.75) is 50.7 Å². The van der Waals surface area contributed by atoms with Gasteiger partial charge in [-0.25, -0.2) is 0 Å². The number of aliphatic hydroxyl groups is 1. The average molecular weight is 241 g/mol. The van der Waals surface area contributed by atoms with Gasteiger partial charge < -0.3 is 10.8 Å². The molecule has 2 rings (SSSR count). The van der Waals surface area contributed by atoms with Crippen LogP contribution in [0.1, 0.15) is 33.1 Å². The van der Waals surface area contributed by atoms with E-state index < -0.39 is 0 Å². The number of nitrogens with zero attached hydrogens (tertiary/aromatic N) is 2. The molecule has 3 unspecified atom stereocenters. The summed E-state index contributed by atoms with van der Waals surface area (Å²) in [5.74, 6) is 0. The van der Waals surface area contributed by atoms with Gasteiger partial charge in [0.05, 0.1) is 6.61 Å². The Kier molecular flexibility index (Phi) is 4.08. The van der Waals surface area contributed by atoms with Gasteiger partial charge in [-0.1, -0.05) is 6.92 Å². The molecule has 1 heterocycles. The van der Waals surface area contributed by atoms with E-state index in [1.165, 1.54) is 6.54 Å². The van der Waals surface area contributed by atoms with E-state index in [-0.39, 0.29) is 12.1 Å². The van der Waals surface area contributed by atoms with Crippen molar-refractivity contribution >= 4 is 0 Å². The highest BCUT2D eigenvalue weighted by Crippen LogP contribution is 2.31. The minimum absolute atomic E-state index is 0.133. The highest BCUT2D eigenvalue weighted by molar-refractivity contribution is 4.98. The van der Waals surface area contributed by atoms with Gasteiger partial charge in [0.25, 0.3) is 0 Å². The first-order valence-corrected chi connectivity index (χ1v) is 6.96. The van der Waals surface area contributed by atoms with E-state index in [0.717, 1.165) is 38.9 Å². The zero-order chi connectivity index (χ0) is 12.5. The predicted octanol–water partition coefficient (Wildman–Crippen LogP) is 0.255. The second-order valence-corrected chi connectivity index (χ2v) is 5.89. The molecule has 1 aliphatic carbocycles. The lowest BCUT2D eigenvalue weighted by atomic mass is 10.00. The molecule has 4 nitrogen and oxygen atoms in total. The lowest BCUT2D eigenvalue weighted by Gasteiger charge is -2.42. The Hall–Kier alpha value is -0.160. The Morgan fingerprint density at radius 3 is 2.71 bits per heavy atom. The first-order valence-electron chi connectivity index (χ1n) is 6.96. The van der Waals surface area contributed by atoms with Crippen molar-refractivity contribution in [3.63, 3.8) is 0 Å². The van der Waals surface area contributed by atoms with Crippen molar-refractivity contribution in [2.75, 3.05) is 32.8 Å². The number of rotatable bonds is 3. The van der Waals surface area contributed by atoms with Crippen LogP contribution < -0.4 is 5.73 Å². The van der Waals surface area contributed by atoms with Crippen LogP contribution in [0.2, 0.25) is 0 Å². The fourth-order valence-corrected chi connectivity index (χ4v) is 3.41. The van der Waals surface area contributed by atoms with Crippen LogP contribution in [0, 0.1) is 0 Å². The third-order valence-electron chi connectivity index (χ3n) is 4.65. The summed E-state index contributed by atoms with van der Waals surface area (Å²) in [6.45, 7) is 9.31. The van der Waals surface area contributed by atoms with E-state index in [2.05, 4.69) is 23.6 Å². The molecular formula is C13H27N3O.